The van der Waals surface area contributed by atoms with Crippen molar-refractivity contribution in [1.29, 1.82) is 0 Å². The summed E-state index contributed by atoms with van der Waals surface area (Å²) in [7, 11) is 0. The molecular formula is C16H32N2O. The summed E-state index contributed by atoms with van der Waals surface area (Å²) in [6.07, 6.45) is 5.16. The Morgan fingerprint density at radius 2 is 1.95 bits per heavy atom. The number of hydrogen-bond acceptors (Lipinski definition) is 2. The van der Waals surface area contributed by atoms with Crippen LogP contribution in [0.3, 0.4) is 0 Å². The second-order valence-electron chi connectivity index (χ2n) is 7.58. The van der Waals surface area contributed by atoms with E-state index in [1.807, 2.05) is 11.8 Å². The second-order valence-corrected chi connectivity index (χ2v) is 7.58. The molecule has 1 amide bonds. The van der Waals surface area contributed by atoms with Crippen molar-refractivity contribution < 1.29 is 4.79 Å². The molecule has 19 heavy (non-hydrogen) atoms. The van der Waals surface area contributed by atoms with Crippen LogP contribution in [0.5, 0.6) is 0 Å². The Labute approximate surface area is 118 Å². The van der Waals surface area contributed by atoms with Crippen molar-refractivity contribution in [2.24, 2.45) is 17.1 Å². The van der Waals surface area contributed by atoms with E-state index in [1.54, 1.807) is 0 Å². The maximum Gasteiger partial charge on any atom is 0.223 e. The quantitative estimate of drug-likeness (QED) is 0.851. The number of carbonyl (C=O) groups excluding carboxylic acids is 1. The van der Waals surface area contributed by atoms with Crippen LogP contribution in [0, 0.1) is 11.3 Å². The summed E-state index contributed by atoms with van der Waals surface area (Å²) in [6, 6.07) is 0.338. The molecular weight excluding hydrogens is 236 g/mol. The Bertz CT molecular complexity index is 294. The van der Waals surface area contributed by atoms with Crippen LogP contribution in [0.25, 0.3) is 0 Å². The smallest absolute Gasteiger partial charge is 0.223 e. The Balaban J connectivity index is 2.55. The fourth-order valence-electron chi connectivity index (χ4n) is 3.35. The predicted molar refractivity (Wildman–Crippen MR) is 80.9 cm³/mol. The van der Waals surface area contributed by atoms with Crippen molar-refractivity contribution in [3.05, 3.63) is 0 Å². The van der Waals surface area contributed by atoms with Gasteiger partial charge in [-0.05, 0) is 43.9 Å². The molecule has 0 spiro atoms. The molecule has 0 aromatic carbocycles. The highest BCUT2D eigenvalue weighted by atomic mass is 16.2. The van der Waals surface area contributed by atoms with Crippen LogP contribution >= 0.6 is 0 Å². The van der Waals surface area contributed by atoms with Crippen LogP contribution in [0.1, 0.15) is 66.7 Å². The molecule has 0 radical (unpaired) electrons. The molecule has 0 saturated carbocycles. The number of nitrogens with zero attached hydrogens (tertiary/aromatic N) is 1. The van der Waals surface area contributed by atoms with E-state index in [9.17, 15) is 4.79 Å². The van der Waals surface area contributed by atoms with Gasteiger partial charge in [0.1, 0.15) is 0 Å². The Hall–Kier alpha value is -0.570. The first-order valence-electron chi connectivity index (χ1n) is 7.76. The van der Waals surface area contributed by atoms with E-state index in [1.165, 1.54) is 6.42 Å². The molecule has 1 heterocycles. The third kappa shape index (κ3) is 5.52. The number of nitrogens with two attached hydrogens (primary N) is 1. The maximum absolute atomic E-state index is 12.5. The highest BCUT2D eigenvalue weighted by Crippen LogP contribution is 2.27. The topological polar surface area (TPSA) is 46.3 Å². The fourth-order valence-corrected chi connectivity index (χ4v) is 3.35. The van der Waals surface area contributed by atoms with Gasteiger partial charge in [-0.1, -0.05) is 27.7 Å². The average molecular weight is 268 g/mol. The summed E-state index contributed by atoms with van der Waals surface area (Å²) in [6.45, 7) is 11.8. The highest BCUT2D eigenvalue weighted by molar-refractivity contribution is 5.77. The summed E-state index contributed by atoms with van der Waals surface area (Å²) in [5.41, 5.74) is 6.33. The molecule has 1 fully saturated rings. The number of amides is 1. The molecule has 1 aliphatic heterocycles. The number of hydrogen-bond donors (Lipinski definition) is 1. The lowest BCUT2D eigenvalue weighted by Gasteiger charge is -2.39. The van der Waals surface area contributed by atoms with Crippen LogP contribution < -0.4 is 5.73 Å². The Kier molecular flexibility index (Phi) is 5.84. The zero-order valence-corrected chi connectivity index (χ0v) is 13.4. The van der Waals surface area contributed by atoms with E-state index in [0.29, 0.717) is 23.7 Å². The number of carbonyl (C=O) groups is 1. The lowest BCUT2D eigenvalue weighted by molar-refractivity contribution is -0.136. The Morgan fingerprint density at radius 3 is 2.47 bits per heavy atom. The van der Waals surface area contributed by atoms with E-state index in [-0.39, 0.29) is 12.1 Å². The van der Waals surface area contributed by atoms with Crippen molar-refractivity contribution in [2.75, 3.05) is 6.54 Å². The normalized spacial score (nSPS) is 24.1. The highest BCUT2D eigenvalue weighted by Gasteiger charge is 2.30. The molecule has 1 aliphatic rings. The van der Waals surface area contributed by atoms with Crippen molar-refractivity contribution in [3.63, 3.8) is 0 Å². The third-order valence-corrected chi connectivity index (χ3v) is 3.96. The largest absolute Gasteiger partial charge is 0.338 e. The first-order valence-corrected chi connectivity index (χ1v) is 7.76. The predicted octanol–water partition coefficient (Wildman–Crippen LogP) is 3.18. The number of likely N-dealkylation sites (tertiary alicyclic amines) is 1. The maximum atomic E-state index is 12.5. The first kappa shape index (κ1) is 16.5. The molecule has 0 aliphatic carbocycles. The van der Waals surface area contributed by atoms with Crippen LogP contribution in [-0.4, -0.2) is 29.4 Å². The van der Waals surface area contributed by atoms with Crippen molar-refractivity contribution in [3.8, 4) is 0 Å². The van der Waals surface area contributed by atoms with Gasteiger partial charge in [0, 0.05) is 25.0 Å². The van der Waals surface area contributed by atoms with Crippen LogP contribution in [0.2, 0.25) is 0 Å². The molecule has 3 heteroatoms. The minimum atomic E-state index is 0.0853. The fraction of sp³-hybridized carbons (Fsp3) is 0.938. The molecule has 3 unspecified atom stereocenters. The molecule has 1 saturated heterocycles. The van der Waals surface area contributed by atoms with Crippen molar-refractivity contribution >= 4 is 5.91 Å². The molecule has 0 aromatic rings. The summed E-state index contributed by atoms with van der Waals surface area (Å²) in [4.78, 5) is 14.5. The van der Waals surface area contributed by atoms with E-state index < -0.39 is 0 Å². The third-order valence-electron chi connectivity index (χ3n) is 3.96. The van der Waals surface area contributed by atoms with Gasteiger partial charge in [0.2, 0.25) is 5.91 Å². The van der Waals surface area contributed by atoms with Gasteiger partial charge < -0.3 is 10.6 Å². The van der Waals surface area contributed by atoms with Gasteiger partial charge >= 0.3 is 0 Å². The Morgan fingerprint density at radius 1 is 1.32 bits per heavy atom. The van der Waals surface area contributed by atoms with E-state index in [2.05, 4.69) is 27.7 Å². The van der Waals surface area contributed by atoms with Gasteiger partial charge in [0.25, 0.3) is 0 Å². The zero-order valence-electron chi connectivity index (χ0n) is 13.4. The minimum Gasteiger partial charge on any atom is -0.338 e. The molecule has 0 aromatic heterocycles. The van der Waals surface area contributed by atoms with Gasteiger partial charge in [0.15, 0.2) is 0 Å². The van der Waals surface area contributed by atoms with Crippen LogP contribution in [0.15, 0.2) is 0 Å². The summed E-state index contributed by atoms with van der Waals surface area (Å²) in [5.74, 6) is 0.752. The summed E-state index contributed by atoms with van der Waals surface area (Å²) in [5, 5.41) is 0. The SMILES string of the molecule is CC(CC(=O)N1CCCCC1C(C)N)CC(C)(C)C. The minimum absolute atomic E-state index is 0.0853. The molecule has 2 N–H and O–H groups in total. The van der Waals surface area contributed by atoms with Crippen LogP contribution in [-0.2, 0) is 4.79 Å². The second kappa shape index (κ2) is 6.74. The summed E-state index contributed by atoms with van der Waals surface area (Å²) < 4.78 is 0. The first-order chi connectivity index (χ1) is 8.70. The molecule has 0 bridgehead atoms. The zero-order chi connectivity index (χ0) is 14.6. The van der Waals surface area contributed by atoms with Crippen LogP contribution in [0.4, 0.5) is 0 Å². The molecule has 3 atom stereocenters. The van der Waals surface area contributed by atoms with Gasteiger partial charge in [-0.3, -0.25) is 4.79 Å². The van der Waals surface area contributed by atoms with E-state index in [0.717, 1.165) is 25.8 Å². The van der Waals surface area contributed by atoms with Gasteiger partial charge in [-0.25, -0.2) is 0 Å². The van der Waals surface area contributed by atoms with E-state index in [4.69, 9.17) is 5.73 Å². The monoisotopic (exact) mass is 268 g/mol. The number of rotatable bonds is 4. The van der Waals surface area contributed by atoms with Crippen molar-refractivity contribution in [1.82, 2.24) is 4.90 Å². The average Bonchev–Trinajstić information content (AvgIpc) is 2.26. The standard InChI is InChI=1S/C16H32N2O/c1-12(11-16(3,4)5)10-15(19)18-9-7-6-8-14(18)13(2)17/h12-14H,6-11,17H2,1-5H3. The lowest BCUT2D eigenvalue weighted by atomic mass is 9.83. The van der Waals surface area contributed by atoms with Gasteiger partial charge in [0.05, 0.1) is 0 Å². The van der Waals surface area contributed by atoms with E-state index >= 15 is 0 Å². The lowest BCUT2D eigenvalue weighted by Crippen LogP contribution is -2.52. The van der Waals surface area contributed by atoms with Gasteiger partial charge in [-0.15, -0.1) is 0 Å². The van der Waals surface area contributed by atoms with Crippen molar-refractivity contribution in [2.45, 2.75) is 78.8 Å². The van der Waals surface area contributed by atoms with Gasteiger partial charge in [-0.2, -0.15) is 0 Å². The molecule has 112 valence electrons. The number of piperidine rings is 1. The molecule has 1 rings (SSSR count). The molecule has 3 nitrogen and oxygen atoms in total. The summed E-state index contributed by atoms with van der Waals surface area (Å²) >= 11 is 0.